The Kier molecular flexibility index (Phi) is 4.17. The molecule has 1 aromatic rings. The van der Waals surface area contributed by atoms with Gasteiger partial charge in [0.2, 0.25) is 0 Å². The van der Waals surface area contributed by atoms with E-state index in [9.17, 15) is 4.79 Å². The van der Waals surface area contributed by atoms with Crippen molar-refractivity contribution in [1.29, 1.82) is 0 Å². The van der Waals surface area contributed by atoms with Crippen molar-refractivity contribution in [2.45, 2.75) is 13.0 Å². The highest BCUT2D eigenvalue weighted by Crippen LogP contribution is 2.27. The predicted molar refractivity (Wildman–Crippen MR) is 67.0 cm³/mol. The average molecular weight is 250 g/mol. The van der Waals surface area contributed by atoms with Crippen molar-refractivity contribution < 1.29 is 14.3 Å². The topological polar surface area (TPSA) is 59.6 Å². The second-order valence-electron chi connectivity index (χ2n) is 4.13. The van der Waals surface area contributed by atoms with Crippen molar-refractivity contribution in [3.63, 3.8) is 0 Å². The van der Waals surface area contributed by atoms with Crippen molar-refractivity contribution in [3.8, 4) is 5.75 Å². The molecule has 0 bridgehead atoms. The second kappa shape index (κ2) is 5.84. The van der Waals surface area contributed by atoms with Gasteiger partial charge in [-0.25, -0.2) is 5.43 Å². The van der Waals surface area contributed by atoms with Gasteiger partial charge in [0, 0.05) is 6.54 Å². The molecule has 1 aromatic carbocycles. The van der Waals surface area contributed by atoms with Crippen molar-refractivity contribution in [2.24, 2.45) is 5.92 Å². The van der Waals surface area contributed by atoms with Gasteiger partial charge >= 0.3 is 5.97 Å². The summed E-state index contributed by atoms with van der Waals surface area (Å²) in [6, 6.07) is 7.62. The van der Waals surface area contributed by atoms with Gasteiger partial charge < -0.3 is 9.47 Å². The predicted octanol–water partition coefficient (Wildman–Crippen LogP) is 1.02. The van der Waals surface area contributed by atoms with Gasteiger partial charge in [-0.05, 0) is 24.6 Å². The van der Waals surface area contributed by atoms with Gasteiger partial charge in [-0.15, -0.1) is 0 Å². The largest absolute Gasteiger partial charge is 0.497 e. The minimum Gasteiger partial charge on any atom is -0.497 e. The number of carbonyl (C=O) groups is 1. The van der Waals surface area contributed by atoms with E-state index in [4.69, 9.17) is 9.47 Å². The zero-order chi connectivity index (χ0) is 13.0. The van der Waals surface area contributed by atoms with Crippen molar-refractivity contribution >= 4 is 5.97 Å². The third kappa shape index (κ3) is 2.63. The SMILES string of the molecule is CCOC(=O)C1CNNC1c1ccc(OC)cc1. The summed E-state index contributed by atoms with van der Waals surface area (Å²) in [4.78, 5) is 11.8. The summed E-state index contributed by atoms with van der Waals surface area (Å²) in [6.45, 7) is 2.80. The summed E-state index contributed by atoms with van der Waals surface area (Å²) in [7, 11) is 1.63. The molecule has 1 fully saturated rings. The maximum absolute atomic E-state index is 11.8. The summed E-state index contributed by atoms with van der Waals surface area (Å²) in [5.74, 6) is 0.437. The number of hydrogen-bond acceptors (Lipinski definition) is 5. The van der Waals surface area contributed by atoms with Gasteiger partial charge in [0.05, 0.1) is 25.7 Å². The lowest BCUT2D eigenvalue weighted by Crippen LogP contribution is -2.27. The van der Waals surface area contributed by atoms with Crippen LogP contribution in [0.5, 0.6) is 5.75 Å². The average Bonchev–Trinajstić information content (AvgIpc) is 2.88. The third-order valence-electron chi connectivity index (χ3n) is 3.05. The fourth-order valence-electron chi connectivity index (χ4n) is 2.09. The molecule has 0 aromatic heterocycles. The van der Waals surface area contributed by atoms with Crippen LogP contribution in [-0.2, 0) is 9.53 Å². The molecule has 0 spiro atoms. The fraction of sp³-hybridized carbons (Fsp3) is 0.462. The normalized spacial score (nSPS) is 22.8. The number of esters is 1. The molecular formula is C13H18N2O3. The number of hydrazine groups is 1. The van der Waals surface area contributed by atoms with Gasteiger partial charge in [0.15, 0.2) is 0 Å². The molecule has 98 valence electrons. The summed E-state index contributed by atoms with van der Waals surface area (Å²) >= 11 is 0. The summed E-state index contributed by atoms with van der Waals surface area (Å²) in [5, 5.41) is 0. The lowest BCUT2D eigenvalue weighted by Gasteiger charge is -2.17. The zero-order valence-corrected chi connectivity index (χ0v) is 10.6. The van der Waals surface area contributed by atoms with Crippen LogP contribution in [0.15, 0.2) is 24.3 Å². The van der Waals surface area contributed by atoms with Gasteiger partial charge in [-0.1, -0.05) is 12.1 Å². The van der Waals surface area contributed by atoms with Crippen LogP contribution in [0.3, 0.4) is 0 Å². The number of nitrogens with one attached hydrogen (secondary N) is 2. The fourth-order valence-corrected chi connectivity index (χ4v) is 2.09. The van der Waals surface area contributed by atoms with Crippen molar-refractivity contribution in [3.05, 3.63) is 29.8 Å². The first kappa shape index (κ1) is 12.9. The Morgan fingerprint density at radius 1 is 1.39 bits per heavy atom. The third-order valence-corrected chi connectivity index (χ3v) is 3.05. The van der Waals surface area contributed by atoms with E-state index in [-0.39, 0.29) is 17.9 Å². The molecule has 2 N–H and O–H groups in total. The first-order valence-corrected chi connectivity index (χ1v) is 6.05. The molecule has 1 heterocycles. The molecule has 0 amide bonds. The quantitative estimate of drug-likeness (QED) is 0.781. The molecule has 2 atom stereocenters. The molecule has 0 saturated carbocycles. The highest BCUT2D eigenvalue weighted by molar-refractivity contribution is 5.74. The molecule has 0 radical (unpaired) electrons. The Bertz CT molecular complexity index is 405. The number of carbonyl (C=O) groups excluding carboxylic acids is 1. The molecule has 5 heteroatoms. The lowest BCUT2D eigenvalue weighted by molar-refractivity contribution is -0.147. The van der Waals surface area contributed by atoms with Crippen LogP contribution in [0.1, 0.15) is 18.5 Å². The zero-order valence-electron chi connectivity index (χ0n) is 10.6. The summed E-state index contributed by atoms with van der Waals surface area (Å²) < 4.78 is 10.2. The molecule has 1 aliphatic heterocycles. The van der Waals surface area contributed by atoms with E-state index < -0.39 is 0 Å². The Morgan fingerprint density at radius 3 is 2.72 bits per heavy atom. The van der Waals surface area contributed by atoms with E-state index in [1.54, 1.807) is 7.11 Å². The van der Waals surface area contributed by atoms with Gasteiger partial charge in [-0.3, -0.25) is 10.2 Å². The first-order valence-electron chi connectivity index (χ1n) is 6.05. The van der Waals surface area contributed by atoms with E-state index in [1.807, 2.05) is 31.2 Å². The van der Waals surface area contributed by atoms with E-state index in [1.165, 1.54) is 0 Å². The standard InChI is InChI=1S/C13H18N2O3/c1-3-18-13(16)11-8-14-15-12(11)9-4-6-10(17-2)7-5-9/h4-7,11-12,14-15H,3,8H2,1-2H3. The number of methoxy groups -OCH3 is 1. The molecule has 5 nitrogen and oxygen atoms in total. The van der Waals surface area contributed by atoms with Crippen molar-refractivity contribution in [1.82, 2.24) is 10.9 Å². The number of ether oxygens (including phenoxy) is 2. The van der Waals surface area contributed by atoms with E-state index in [2.05, 4.69) is 10.9 Å². The Hall–Kier alpha value is -1.59. The highest BCUT2D eigenvalue weighted by atomic mass is 16.5. The van der Waals surface area contributed by atoms with E-state index in [0.717, 1.165) is 11.3 Å². The smallest absolute Gasteiger partial charge is 0.312 e. The first-order chi connectivity index (χ1) is 8.76. The molecule has 1 aliphatic rings. The van der Waals surface area contributed by atoms with Gasteiger partial charge in [0.1, 0.15) is 5.75 Å². The molecule has 2 unspecified atom stereocenters. The van der Waals surface area contributed by atoms with Gasteiger partial charge in [0.25, 0.3) is 0 Å². The molecule has 1 saturated heterocycles. The van der Waals surface area contributed by atoms with Crippen molar-refractivity contribution in [2.75, 3.05) is 20.3 Å². The molecular weight excluding hydrogens is 232 g/mol. The van der Waals surface area contributed by atoms with E-state index >= 15 is 0 Å². The highest BCUT2D eigenvalue weighted by Gasteiger charge is 2.34. The lowest BCUT2D eigenvalue weighted by atomic mass is 9.95. The molecule has 18 heavy (non-hydrogen) atoms. The molecule has 2 rings (SSSR count). The maximum Gasteiger partial charge on any atom is 0.312 e. The Balaban J connectivity index is 2.12. The number of rotatable bonds is 4. The van der Waals surface area contributed by atoms with Gasteiger partial charge in [-0.2, -0.15) is 0 Å². The van der Waals surface area contributed by atoms with Crippen LogP contribution >= 0.6 is 0 Å². The van der Waals surface area contributed by atoms with Crippen LogP contribution in [0.2, 0.25) is 0 Å². The summed E-state index contributed by atoms with van der Waals surface area (Å²) in [5.41, 5.74) is 7.16. The van der Waals surface area contributed by atoms with Crippen LogP contribution in [-0.4, -0.2) is 26.2 Å². The van der Waals surface area contributed by atoms with Crippen LogP contribution in [0, 0.1) is 5.92 Å². The molecule has 0 aliphatic carbocycles. The maximum atomic E-state index is 11.8. The minimum atomic E-state index is -0.196. The van der Waals surface area contributed by atoms with E-state index in [0.29, 0.717) is 13.2 Å². The number of hydrogen-bond donors (Lipinski definition) is 2. The Morgan fingerprint density at radius 2 is 2.11 bits per heavy atom. The second-order valence-corrected chi connectivity index (χ2v) is 4.13. The minimum absolute atomic E-state index is 0.0602. The number of benzene rings is 1. The Labute approximate surface area is 106 Å². The van der Waals surface area contributed by atoms with Crippen LogP contribution in [0.4, 0.5) is 0 Å². The van der Waals surface area contributed by atoms with Crippen LogP contribution in [0.25, 0.3) is 0 Å². The summed E-state index contributed by atoms with van der Waals surface area (Å²) in [6.07, 6.45) is 0. The van der Waals surface area contributed by atoms with Crippen LogP contribution < -0.4 is 15.6 Å². The monoisotopic (exact) mass is 250 g/mol.